The Hall–Kier alpha value is -2.74. The summed E-state index contributed by atoms with van der Waals surface area (Å²) < 4.78 is 14.1. The third-order valence-corrected chi connectivity index (χ3v) is 5.33. The molecular weight excluding hydrogens is 408 g/mol. The van der Waals surface area contributed by atoms with Gasteiger partial charge in [-0.3, -0.25) is 14.3 Å². The smallest absolute Gasteiger partial charge is 0.330 e. The Balaban J connectivity index is 2.34. The fourth-order valence-corrected chi connectivity index (χ4v) is 3.79. The molecule has 0 aliphatic rings. The van der Waals surface area contributed by atoms with Crippen LogP contribution in [0.25, 0.3) is 22.6 Å². The second-order valence-electron chi connectivity index (χ2n) is 7.07. The highest BCUT2D eigenvalue weighted by atomic mass is 35.5. The average Bonchev–Trinajstić information content (AvgIpc) is 3.11. The Morgan fingerprint density at radius 3 is 2.30 bits per heavy atom. The summed E-state index contributed by atoms with van der Waals surface area (Å²) in [5, 5.41) is 0.373. The van der Waals surface area contributed by atoms with Crippen molar-refractivity contribution in [1.82, 2.24) is 19.1 Å². The fourth-order valence-electron chi connectivity index (χ4n) is 3.50. The summed E-state index contributed by atoms with van der Waals surface area (Å²) in [7, 11) is 3.05. The van der Waals surface area contributed by atoms with Crippen molar-refractivity contribution >= 4 is 22.8 Å². The van der Waals surface area contributed by atoms with Gasteiger partial charge in [0, 0.05) is 18.7 Å². The molecule has 1 aromatic carbocycles. The molecule has 0 spiro atoms. The number of H-pyrrole nitrogens is 1. The van der Waals surface area contributed by atoms with E-state index >= 15 is 0 Å². The van der Waals surface area contributed by atoms with Gasteiger partial charge in [-0.15, -0.1) is 0 Å². The summed E-state index contributed by atoms with van der Waals surface area (Å²) in [6, 6.07) is 3.51. The molecule has 2 heterocycles. The molecule has 8 nitrogen and oxygen atoms in total. The molecule has 0 saturated carbocycles. The zero-order valence-corrected chi connectivity index (χ0v) is 18.5. The lowest BCUT2D eigenvalue weighted by molar-refractivity contribution is 0.355. The Labute approximate surface area is 179 Å². The molecule has 3 rings (SSSR count). The van der Waals surface area contributed by atoms with Crippen LogP contribution in [-0.4, -0.2) is 33.3 Å². The molecule has 30 heavy (non-hydrogen) atoms. The van der Waals surface area contributed by atoms with Crippen molar-refractivity contribution in [3.63, 3.8) is 0 Å². The largest absolute Gasteiger partial charge is 0.493 e. The molecule has 3 aromatic rings. The zero-order chi connectivity index (χ0) is 21.8. The predicted molar refractivity (Wildman–Crippen MR) is 118 cm³/mol. The van der Waals surface area contributed by atoms with Crippen molar-refractivity contribution in [3.8, 4) is 22.9 Å². The number of aryl methyl sites for hydroxylation is 2. The van der Waals surface area contributed by atoms with Crippen LogP contribution >= 0.6 is 11.6 Å². The van der Waals surface area contributed by atoms with Crippen molar-refractivity contribution in [1.29, 1.82) is 0 Å². The normalized spacial score (nSPS) is 11.2. The SMILES string of the molecule is CCCCn1c(-c2cc(Cl)c(OC)c(OC)c2)nc2c1c(=O)[nH]c(=O)n2CCCC. The van der Waals surface area contributed by atoms with Gasteiger partial charge >= 0.3 is 5.69 Å². The van der Waals surface area contributed by atoms with E-state index in [4.69, 9.17) is 26.1 Å². The number of nitrogens with zero attached hydrogens (tertiary/aromatic N) is 3. The highest BCUT2D eigenvalue weighted by Crippen LogP contribution is 2.39. The number of unbranched alkanes of at least 4 members (excludes halogenated alkanes) is 2. The number of ether oxygens (including phenoxy) is 2. The van der Waals surface area contributed by atoms with Gasteiger partial charge in [0.05, 0.1) is 19.2 Å². The minimum absolute atomic E-state index is 0.373. The molecule has 9 heteroatoms. The molecule has 0 unspecified atom stereocenters. The van der Waals surface area contributed by atoms with Gasteiger partial charge < -0.3 is 14.0 Å². The number of hydrogen-bond donors (Lipinski definition) is 1. The number of halogens is 1. The molecule has 0 radical (unpaired) electrons. The number of benzene rings is 1. The van der Waals surface area contributed by atoms with E-state index in [1.165, 1.54) is 18.8 Å². The van der Waals surface area contributed by atoms with Gasteiger partial charge in [-0.25, -0.2) is 9.78 Å². The molecular formula is C21H27ClN4O4. The fraction of sp³-hybridized carbons (Fsp3) is 0.476. The average molecular weight is 435 g/mol. The monoisotopic (exact) mass is 434 g/mol. The van der Waals surface area contributed by atoms with E-state index in [1.807, 2.05) is 11.5 Å². The van der Waals surface area contributed by atoms with Gasteiger partial charge in [0.25, 0.3) is 5.56 Å². The van der Waals surface area contributed by atoms with Gasteiger partial charge in [-0.05, 0) is 25.0 Å². The Kier molecular flexibility index (Phi) is 6.87. The molecule has 2 aromatic heterocycles. The Morgan fingerprint density at radius 1 is 1.03 bits per heavy atom. The van der Waals surface area contributed by atoms with E-state index in [-0.39, 0.29) is 0 Å². The lowest BCUT2D eigenvalue weighted by Crippen LogP contribution is -2.31. The van der Waals surface area contributed by atoms with E-state index in [2.05, 4.69) is 11.9 Å². The van der Waals surface area contributed by atoms with Crippen LogP contribution in [0.4, 0.5) is 0 Å². The molecule has 0 saturated heterocycles. The Morgan fingerprint density at radius 2 is 1.70 bits per heavy atom. The summed E-state index contributed by atoms with van der Waals surface area (Å²) >= 11 is 6.41. The maximum atomic E-state index is 12.7. The predicted octanol–water partition coefficient (Wildman–Crippen LogP) is 3.82. The maximum Gasteiger partial charge on any atom is 0.330 e. The molecule has 0 fully saturated rings. The number of methoxy groups -OCH3 is 2. The number of rotatable bonds is 9. The van der Waals surface area contributed by atoms with Crippen molar-refractivity contribution in [3.05, 3.63) is 38.0 Å². The highest BCUT2D eigenvalue weighted by molar-refractivity contribution is 6.32. The summed E-state index contributed by atoms with van der Waals surface area (Å²) in [6.45, 7) is 5.20. The molecule has 0 aliphatic carbocycles. The number of hydrogen-bond acceptors (Lipinski definition) is 5. The molecule has 0 amide bonds. The molecule has 1 N–H and O–H groups in total. The first-order valence-electron chi connectivity index (χ1n) is 10.1. The molecule has 0 aliphatic heterocycles. The summed E-state index contributed by atoms with van der Waals surface area (Å²) in [5.74, 6) is 1.45. The van der Waals surface area contributed by atoms with Crippen molar-refractivity contribution in [2.24, 2.45) is 0 Å². The number of aromatic amines is 1. The topological polar surface area (TPSA) is 91.1 Å². The summed E-state index contributed by atoms with van der Waals surface area (Å²) in [5.41, 5.74) is 0.565. The van der Waals surface area contributed by atoms with Crippen LogP contribution in [0.2, 0.25) is 5.02 Å². The zero-order valence-electron chi connectivity index (χ0n) is 17.7. The van der Waals surface area contributed by atoms with E-state index in [9.17, 15) is 9.59 Å². The van der Waals surface area contributed by atoms with Gasteiger partial charge in [0.1, 0.15) is 5.82 Å². The van der Waals surface area contributed by atoms with Crippen LogP contribution < -0.4 is 20.7 Å². The number of imidazole rings is 1. The van der Waals surface area contributed by atoms with Gasteiger partial charge in [-0.1, -0.05) is 38.3 Å². The van der Waals surface area contributed by atoms with Crippen LogP contribution in [-0.2, 0) is 13.1 Å². The molecule has 162 valence electrons. The minimum atomic E-state index is -0.446. The second-order valence-corrected chi connectivity index (χ2v) is 7.48. The lowest BCUT2D eigenvalue weighted by atomic mass is 10.2. The first-order chi connectivity index (χ1) is 14.5. The first kappa shape index (κ1) is 22.0. The summed E-state index contributed by atoms with van der Waals surface area (Å²) in [6.07, 6.45) is 3.52. The number of fused-ring (bicyclic) bond motifs is 1. The first-order valence-corrected chi connectivity index (χ1v) is 10.5. The van der Waals surface area contributed by atoms with E-state index in [1.54, 1.807) is 12.1 Å². The van der Waals surface area contributed by atoms with Crippen molar-refractivity contribution < 1.29 is 9.47 Å². The summed E-state index contributed by atoms with van der Waals surface area (Å²) in [4.78, 5) is 32.4. The van der Waals surface area contributed by atoms with Crippen LogP contribution in [0.1, 0.15) is 39.5 Å². The third kappa shape index (κ3) is 3.96. The van der Waals surface area contributed by atoms with E-state index in [0.29, 0.717) is 52.2 Å². The number of aromatic nitrogens is 4. The lowest BCUT2D eigenvalue weighted by Gasteiger charge is -2.13. The van der Waals surface area contributed by atoms with Gasteiger partial charge in [0.15, 0.2) is 22.7 Å². The highest BCUT2D eigenvalue weighted by Gasteiger charge is 2.21. The molecule has 0 bridgehead atoms. The van der Waals surface area contributed by atoms with E-state index in [0.717, 1.165) is 25.7 Å². The minimum Gasteiger partial charge on any atom is -0.493 e. The van der Waals surface area contributed by atoms with Gasteiger partial charge in [-0.2, -0.15) is 0 Å². The van der Waals surface area contributed by atoms with E-state index < -0.39 is 11.2 Å². The van der Waals surface area contributed by atoms with Crippen molar-refractivity contribution in [2.45, 2.75) is 52.6 Å². The standard InChI is InChI=1S/C21H27ClN4O4/c1-5-7-9-25-16-19(26(10-8-6-2)21(28)24-20(16)27)23-18(25)13-11-14(22)17(30-4)15(12-13)29-3/h11-12H,5-10H2,1-4H3,(H,24,27,28). The van der Waals surface area contributed by atoms with Gasteiger partial charge in [0.2, 0.25) is 0 Å². The molecule has 0 atom stereocenters. The Bertz CT molecular complexity index is 1160. The number of nitrogens with one attached hydrogen (secondary N) is 1. The van der Waals surface area contributed by atoms with Crippen LogP contribution in [0.5, 0.6) is 11.5 Å². The quantitative estimate of drug-likeness (QED) is 0.552. The van der Waals surface area contributed by atoms with Crippen molar-refractivity contribution in [2.75, 3.05) is 14.2 Å². The third-order valence-electron chi connectivity index (χ3n) is 5.05. The second kappa shape index (κ2) is 9.38. The maximum absolute atomic E-state index is 12.7. The van der Waals surface area contributed by atoms with Crippen LogP contribution in [0, 0.1) is 0 Å². The van der Waals surface area contributed by atoms with Crippen LogP contribution in [0.15, 0.2) is 21.7 Å². The van der Waals surface area contributed by atoms with Crippen LogP contribution in [0.3, 0.4) is 0 Å².